The van der Waals surface area contributed by atoms with Gasteiger partial charge < -0.3 is 14.3 Å². The first-order valence-electron chi connectivity index (χ1n) is 18.3. The van der Waals surface area contributed by atoms with E-state index in [-0.39, 0.29) is 27.7 Å². The van der Waals surface area contributed by atoms with Crippen LogP contribution in [-0.4, -0.2) is 36.3 Å². The monoisotopic (exact) mass is 729 g/mol. The van der Waals surface area contributed by atoms with E-state index >= 15 is 0 Å². The standard InChI is InChI=1S/C12H15NO.C11H14N2.C11H13NO.C11H13NS/c1-12(2,3)13-8-9-6-4-5-7-10(9)11(13)14;3*1-11(2,3)10-12-8-6-4-5-7-9(8)13-10/h4-7H,8H2,1-3H3;4-7H,1-3H3,(H,12,13);2*4-7H,1-3H3. The number of hydrogen-bond acceptors (Lipinski definition) is 6. The molecule has 8 heteroatoms. The van der Waals surface area contributed by atoms with Crippen LogP contribution in [0.1, 0.15) is 116 Å². The number of H-pyrrole nitrogens is 1. The number of hydrogen-bond donors (Lipinski definition) is 1. The van der Waals surface area contributed by atoms with Gasteiger partial charge in [-0.1, -0.05) is 117 Å². The van der Waals surface area contributed by atoms with Crippen molar-refractivity contribution in [3.63, 3.8) is 0 Å². The molecular formula is C45H55N5O2S. The number of rotatable bonds is 0. The molecule has 8 rings (SSSR count). The Balaban J connectivity index is 0.000000136. The summed E-state index contributed by atoms with van der Waals surface area (Å²) in [6, 6.07) is 32.1. The summed E-state index contributed by atoms with van der Waals surface area (Å²) >= 11 is 1.79. The van der Waals surface area contributed by atoms with E-state index in [2.05, 4.69) is 127 Å². The topological polar surface area (TPSA) is 87.9 Å². The van der Waals surface area contributed by atoms with Gasteiger partial charge in [0, 0.05) is 33.9 Å². The van der Waals surface area contributed by atoms with E-state index in [4.69, 9.17) is 4.42 Å². The van der Waals surface area contributed by atoms with Crippen LogP contribution in [0.3, 0.4) is 0 Å². The van der Waals surface area contributed by atoms with Gasteiger partial charge >= 0.3 is 0 Å². The van der Waals surface area contributed by atoms with Crippen LogP contribution in [-0.2, 0) is 22.8 Å². The SMILES string of the molecule is CC(C)(C)N1Cc2ccccc2C1=O.CC(C)(C)c1nc2ccccc2[nH]1.CC(C)(C)c1nc2ccccc2o1.CC(C)(C)c1nc2ccccc2s1. The number of benzene rings is 4. The second kappa shape index (κ2) is 15.3. The van der Waals surface area contributed by atoms with Gasteiger partial charge in [-0.3, -0.25) is 4.79 Å². The maximum absolute atomic E-state index is 12.0. The Morgan fingerprint density at radius 2 is 1.21 bits per heavy atom. The summed E-state index contributed by atoms with van der Waals surface area (Å²) in [5.41, 5.74) is 7.27. The van der Waals surface area contributed by atoms with Crippen molar-refractivity contribution in [2.24, 2.45) is 0 Å². The molecule has 4 aromatic carbocycles. The van der Waals surface area contributed by atoms with Gasteiger partial charge in [0.2, 0.25) is 5.89 Å². The highest BCUT2D eigenvalue weighted by molar-refractivity contribution is 7.18. The molecule has 1 aliphatic heterocycles. The van der Waals surface area contributed by atoms with Crippen molar-refractivity contribution in [1.82, 2.24) is 24.8 Å². The number of imidazole rings is 1. The lowest BCUT2D eigenvalue weighted by Crippen LogP contribution is -2.41. The molecule has 1 N–H and O–H groups in total. The Morgan fingerprint density at radius 3 is 1.77 bits per heavy atom. The fourth-order valence-electron chi connectivity index (χ4n) is 5.49. The molecule has 53 heavy (non-hydrogen) atoms. The van der Waals surface area contributed by atoms with Crippen molar-refractivity contribution in [2.75, 3.05) is 0 Å². The molecule has 0 aliphatic carbocycles. The number of carbonyl (C=O) groups excluding carboxylic acids is 1. The van der Waals surface area contributed by atoms with Gasteiger partial charge in [0.1, 0.15) is 11.3 Å². The van der Waals surface area contributed by atoms with E-state index in [1.165, 1.54) is 9.71 Å². The maximum atomic E-state index is 12.0. The minimum atomic E-state index is -0.0872. The average Bonchev–Trinajstić information content (AvgIpc) is 3.88. The third kappa shape index (κ3) is 9.79. The molecule has 0 saturated carbocycles. The Morgan fingerprint density at radius 1 is 0.623 bits per heavy atom. The predicted molar refractivity (Wildman–Crippen MR) is 222 cm³/mol. The van der Waals surface area contributed by atoms with Crippen molar-refractivity contribution in [2.45, 2.75) is 111 Å². The Kier molecular flexibility index (Phi) is 11.3. The highest BCUT2D eigenvalue weighted by atomic mass is 32.1. The number of fused-ring (bicyclic) bond motifs is 4. The van der Waals surface area contributed by atoms with Gasteiger partial charge in [-0.15, -0.1) is 11.3 Å². The van der Waals surface area contributed by atoms with Crippen LogP contribution in [0.15, 0.2) is 101 Å². The van der Waals surface area contributed by atoms with Crippen molar-refractivity contribution < 1.29 is 9.21 Å². The van der Waals surface area contributed by atoms with Crippen LogP contribution in [0.25, 0.3) is 32.3 Å². The van der Waals surface area contributed by atoms with Crippen LogP contribution in [0.4, 0.5) is 0 Å². The molecule has 0 spiro atoms. The minimum absolute atomic E-state index is 0.0149. The lowest BCUT2D eigenvalue weighted by atomic mass is 9.96. The average molecular weight is 730 g/mol. The summed E-state index contributed by atoms with van der Waals surface area (Å²) in [6.45, 7) is 26.3. The highest BCUT2D eigenvalue weighted by Gasteiger charge is 2.34. The first-order chi connectivity index (χ1) is 24.7. The summed E-state index contributed by atoms with van der Waals surface area (Å²) in [5.74, 6) is 2.01. The molecule has 0 unspecified atom stereocenters. The number of nitrogens with one attached hydrogen (secondary N) is 1. The van der Waals surface area contributed by atoms with E-state index in [1.54, 1.807) is 11.3 Å². The maximum Gasteiger partial charge on any atom is 0.254 e. The summed E-state index contributed by atoms with van der Waals surface area (Å²) < 4.78 is 6.91. The number of aromatic nitrogens is 4. The van der Waals surface area contributed by atoms with Crippen LogP contribution in [0.5, 0.6) is 0 Å². The van der Waals surface area contributed by atoms with Gasteiger partial charge in [0.25, 0.3) is 5.91 Å². The second-order valence-corrected chi connectivity index (χ2v) is 18.6. The molecule has 0 atom stereocenters. The van der Waals surface area contributed by atoms with Crippen molar-refractivity contribution in [1.29, 1.82) is 0 Å². The fourth-order valence-corrected chi connectivity index (χ4v) is 6.51. The van der Waals surface area contributed by atoms with E-state index in [0.717, 1.165) is 57.0 Å². The van der Waals surface area contributed by atoms with Crippen LogP contribution in [0, 0.1) is 0 Å². The number of oxazole rings is 1. The van der Waals surface area contributed by atoms with Gasteiger partial charge in [-0.2, -0.15) is 0 Å². The highest BCUT2D eigenvalue weighted by Crippen LogP contribution is 2.31. The normalized spacial score (nSPS) is 13.2. The Bertz CT molecular complexity index is 2000. The zero-order chi connectivity index (χ0) is 38.8. The molecule has 4 heterocycles. The Labute approximate surface area is 318 Å². The quantitative estimate of drug-likeness (QED) is 0.168. The fraction of sp³-hybridized carbons (Fsp3) is 0.378. The van der Waals surface area contributed by atoms with Crippen molar-refractivity contribution in [3.05, 3.63) is 125 Å². The first kappa shape index (κ1) is 39.4. The summed E-state index contributed by atoms with van der Waals surface area (Å²) in [5, 5.41) is 1.22. The van der Waals surface area contributed by atoms with Gasteiger partial charge in [0.05, 0.1) is 26.3 Å². The number of carbonyl (C=O) groups is 1. The summed E-state index contributed by atoms with van der Waals surface area (Å²) in [7, 11) is 0. The number of nitrogens with zero attached hydrogens (tertiary/aromatic N) is 4. The Hall–Kier alpha value is -4.82. The lowest BCUT2D eigenvalue weighted by molar-refractivity contribution is 0.0609. The van der Waals surface area contributed by atoms with Gasteiger partial charge in [-0.05, 0) is 68.8 Å². The molecule has 1 amide bonds. The zero-order valence-corrected chi connectivity index (χ0v) is 34.3. The third-order valence-electron chi connectivity index (χ3n) is 8.60. The van der Waals surface area contributed by atoms with Crippen molar-refractivity contribution in [3.8, 4) is 0 Å². The van der Waals surface area contributed by atoms with Crippen molar-refractivity contribution >= 4 is 49.6 Å². The first-order valence-corrected chi connectivity index (χ1v) is 19.1. The molecule has 3 aromatic heterocycles. The number of amides is 1. The summed E-state index contributed by atoms with van der Waals surface area (Å²) in [6.07, 6.45) is 0. The van der Waals surface area contributed by atoms with E-state index in [1.807, 2.05) is 77.7 Å². The zero-order valence-electron chi connectivity index (χ0n) is 33.5. The van der Waals surface area contributed by atoms with E-state index in [0.29, 0.717) is 0 Å². The molecule has 7 aromatic rings. The number of thiazole rings is 1. The molecule has 1 aliphatic rings. The van der Waals surface area contributed by atoms with Gasteiger partial charge in [0.15, 0.2) is 5.58 Å². The molecule has 0 bridgehead atoms. The predicted octanol–water partition coefficient (Wildman–Crippen LogP) is 12.0. The second-order valence-electron chi connectivity index (χ2n) is 17.5. The number of aromatic amines is 1. The van der Waals surface area contributed by atoms with E-state index < -0.39 is 0 Å². The molecule has 0 saturated heterocycles. The smallest absolute Gasteiger partial charge is 0.254 e. The van der Waals surface area contributed by atoms with Crippen LogP contribution in [0.2, 0.25) is 0 Å². The lowest BCUT2D eigenvalue weighted by Gasteiger charge is -2.31. The summed E-state index contributed by atoms with van der Waals surface area (Å²) in [4.78, 5) is 30.8. The van der Waals surface area contributed by atoms with E-state index in [9.17, 15) is 4.79 Å². The molecule has 0 radical (unpaired) electrons. The molecule has 0 fully saturated rings. The van der Waals surface area contributed by atoms with Crippen LogP contribution < -0.4 is 0 Å². The molecular weight excluding hydrogens is 675 g/mol. The third-order valence-corrected chi connectivity index (χ3v) is 10.1. The minimum Gasteiger partial charge on any atom is -0.440 e. The van der Waals surface area contributed by atoms with Gasteiger partial charge in [-0.25, -0.2) is 15.0 Å². The van der Waals surface area contributed by atoms with Crippen LogP contribution >= 0.6 is 11.3 Å². The largest absolute Gasteiger partial charge is 0.440 e. The molecule has 278 valence electrons. The number of para-hydroxylation sites is 5. The molecule has 7 nitrogen and oxygen atoms in total.